The number of nitrogens with one attached hydrogen (secondary N) is 3. The number of fused-ring (bicyclic) bond motifs is 1. The molecule has 2 aromatic rings. The number of anilines is 1. The quantitative estimate of drug-likeness (QED) is 0.621. The molecule has 7 nitrogen and oxygen atoms in total. The van der Waals surface area contributed by atoms with Crippen molar-refractivity contribution in [1.29, 1.82) is 0 Å². The van der Waals surface area contributed by atoms with Gasteiger partial charge < -0.3 is 25.6 Å². The van der Waals surface area contributed by atoms with Crippen molar-refractivity contribution in [2.24, 2.45) is 17.8 Å². The van der Waals surface area contributed by atoms with Gasteiger partial charge in [-0.3, -0.25) is 4.79 Å². The number of carbonyl (C=O) groups excluding carboxylic acids is 1. The Kier molecular flexibility index (Phi) is 4.37. The van der Waals surface area contributed by atoms with Gasteiger partial charge in [0.1, 0.15) is 5.65 Å². The summed E-state index contributed by atoms with van der Waals surface area (Å²) in [5, 5.41) is 18.5. The highest BCUT2D eigenvalue weighted by atomic mass is 16.3. The zero-order valence-electron chi connectivity index (χ0n) is 17.5. The van der Waals surface area contributed by atoms with Crippen molar-refractivity contribution in [2.75, 3.05) is 26.5 Å². The number of rotatable bonds is 5. The highest BCUT2D eigenvalue weighted by molar-refractivity contribution is 6.07. The zero-order chi connectivity index (χ0) is 20.3. The Labute approximate surface area is 171 Å². The number of pyridine rings is 1. The molecule has 0 saturated heterocycles. The lowest BCUT2D eigenvalue weighted by Gasteiger charge is -2.58. The third-order valence-electron chi connectivity index (χ3n) is 7.29. The minimum Gasteiger partial charge on any atom is -0.390 e. The van der Waals surface area contributed by atoms with Crippen LogP contribution < -0.4 is 10.6 Å². The fraction of sp³-hybridized carbons (Fsp3) is 0.636. The average molecular weight is 398 g/mol. The lowest BCUT2D eigenvalue weighted by Crippen LogP contribution is -2.59. The zero-order valence-corrected chi connectivity index (χ0v) is 17.5. The normalized spacial score (nSPS) is 32.9. The van der Waals surface area contributed by atoms with Crippen LogP contribution in [-0.4, -0.2) is 58.7 Å². The molecule has 7 heteroatoms. The van der Waals surface area contributed by atoms with Crippen LogP contribution in [0.4, 0.5) is 5.69 Å². The van der Waals surface area contributed by atoms with E-state index in [4.69, 9.17) is 0 Å². The van der Waals surface area contributed by atoms with E-state index in [0.717, 1.165) is 48.1 Å². The summed E-state index contributed by atoms with van der Waals surface area (Å²) < 4.78 is 0. The van der Waals surface area contributed by atoms with Gasteiger partial charge in [-0.15, -0.1) is 0 Å². The van der Waals surface area contributed by atoms with Gasteiger partial charge in [-0.05, 0) is 69.5 Å². The number of aromatic amines is 1. The summed E-state index contributed by atoms with van der Waals surface area (Å²) in [7, 11) is 5.74. The molecule has 156 valence electrons. The van der Waals surface area contributed by atoms with E-state index in [-0.39, 0.29) is 5.91 Å². The highest BCUT2D eigenvalue weighted by Gasteiger charge is 2.54. The Morgan fingerprint density at radius 2 is 2.03 bits per heavy atom. The van der Waals surface area contributed by atoms with E-state index in [0.29, 0.717) is 29.4 Å². The Morgan fingerprint density at radius 3 is 2.66 bits per heavy atom. The van der Waals surface area contributed by atoms with Crippen LogP contribution in [0, 0.1) is 17.8 Å². The van der Waals surface area contributed by atoms with Crippen LogP contribution in [0.15, 0.2) is 12.4 Å². The number of amides is 1. The molecule has 5 atom stereocenters. The molecule has 0 aromatic carbocycles. The van der Waals surface area contributed by atoms with Crippen LogP contribution in [0.3, 0.4) is 0 Å². The fourth-order valence-electron chi connectivity index (χ4n) is 6.47. The van der Waals surface area contributed by atoms with Crippen LogP contribution in [0.5, 0.6) is 0 Å². The van der Waals surface area contributed by atoms with E-state index in [2.05, 4.69) is 25.5 Å². The summed E-state index contributed by atoms with van der Waals surface area (Å²) in [6, 6.07) is 0.294. The first-order valence-corrected chi connectivity index (χ1v) is 10.7. The third-order valence-corrected chi connectivity index (χ3v) is 7.29. The van der Waals surface area contributed by atoms with E-state index < -0.39 is 5.60 Å². The van der Waals surface area contributed by atoms with E-state index in [1.807, 2.05) is 20.3 Å². The number of hydrogen-bond donors (Lipinski definition) is 4. The largest absolute Gasteiger partial charge is 0.390 e. The van der Waals surface area contributed by atoms with Crippen LogP contribution >= 0.6 is 0 Å². The Bertz CT molecular complexity index is 936. The van der Waals surface area contributed by atoms with Gasteiger partial charge in [0.2, 0.25) is 0 Å². The van der Waals surface area contributed by atoms with E-state index in [9.17, 15) is 9.90 Å². The summed E-state index contributed by atoms with van der Waals surface area (Å²) in [4.78, 5) is 22.6. The summed E-state index contributed by atoms with van der Waals surface area (Å²) in [5.74, 6) is 1.45. The fourth-order valence-corrected chi connectivity index (χ4v) is 6.47. The number of nitrogens with zero attached hydrogens (tertiary/aromatic N) is 2. The SMILES string of the molecule is CNC(=O)c1cnc2[nH]cc(CN(C)C)c2c1N[C@H]1[C@@H]2CC3C[C@H]1C[C@@](O)(C3)C2. The van der Waals surface area contributed by atoms with Crippen molar-refractivity contribution in [3.8, 4) is 0 Å². The predicted molar refractivity (Wildman–Crippen MR) is 113 cm³/mol. The number of aliphatic hydroxyl groups is 1. The number of H-pyrrole nitrogens is 1. The number of carbonyl (C=O) groups is 1. The van der Waals surface area contributed by atoms with Crippen molar-refractivity contribution in [1.82, 2.24) is 20.2 Å². The molecule has 1 amide bonds. The molecule has 0 aliphatic heterocycles. The van der Waals surface area contributed by atoms with Gasteiger partial charge in [0, 0.05) is 37.4 Å². The summed E-state index contributed by atoms with van der Waals surface area (Å²) in [6.45, 7) is 0.771. The van der Waals surface area contributed by atoms with Gasteiger partial charge in [-0.25, -0.2) is 4.98 Å². The molecular weight excluding hydrogens is 366 g/mol. The second-order valence-electron chi connectivity index (χ2n) is 9.77. The van der Waals surface area contributed by atoms with E-state index in [1.165, 1.54) is 12.8 Å². The molecular formula is C22H31N5O2. The van der Waals surface area contributed by atoms with Crippen molar-refractivity contribution < 1.29 is 9.90 Å². The van der Waals surface area contributed by atoms with Gasteiger partial charge in [-0.1, -0.05) is 0 Å². The van der Waals surface area contributed by atoms with Gasteiger partial charge >= 0.3 is 0 Å². The second-order valence-corrected chi connectivity index (χ2v) is 9.77. The maximum atomic E-state index is 12.7. The van der Waals surface area contributed by atoms with E-state index >= 15 is 0 Å². The molecule has 4 saturated carbocycles. The van der Waals surface area contributed by atoms with Crippen molar-refractivity contribution in [2.45, 2.75) is 50.3 Å². The third kappa shape index (κ3) is 3.11. The molecule has 4 N–H and O–H groups in total. The number of hydrogen-bond acceptors (Lipinski definition) is 5. The highest BCUT2D eigenvalue weighted by Crippen LogP contribution is 2.56. The van der Waals surface area contributed by atoms with Crippen LogP contribution in [0.25, 0.3) is 11.0 Å². The minimum atomic E-state index is -0.462. The van der Waals surface area contributed by atoms with Gasteiger partial charge in [-0.2, -0.15) is 0 Å². The maximum Gasteiger partial charge on any atom is 0.254 e. The Morgan fingerprint density at radius 1 is 1.31 bits per heavy atom. The molecule has 2 heterocycles. The molecule has 1 unspecified atom stereocenters. The van der Waals surface area contributed by atoms with Gasteiger partial charge in [0.25, 0.3) is 5.91 Å². The average Bonchev–Trinajstić information content (AvgIpc) is 3.05. The van der Waals surface area contributed by atoms with Crippen LogP contribution in [0.1, 0.15) is 48.0 Å². The lowest BCUT2D eigenvalue weighted by atomic mass is 9.52. The standard InChI is InChI=1S/C22H31N5O2/c1-23-21(28)16-10-25-20-17(15(9-24-20)11-27(2)3)19(16)26-18-13-4-12-5-14(18)8-22(29,6-12)7-13/h9-10,12-14,18,29H,4-8,11H2,1-3H3,(H,23,28)(H2,24,25,26)/t12?,13-,14+,18+,22-. The van der Waals surface area contributed by atoms with Crippen LogP contribution in [-0.2, 0) is 6.54 Å². The molecule has 6 rings (SSSR count). The lowest BCUT2D eigenvalue weighted by molar-refractivity contribution is -0.129. The molecule has 4 fully saturated rings. The Balaban J connectivity index is 1.58. The smallest absolute Gasteiger partial charge is 0.254 e. The van der Waals surface area contributed by atoms with Crippen molar-refractivity contribution in [3.05, 3.63) is 23.5 Å². The summed E-state index contributed by atoms with van der Waals surface area (Å²) >= 11 is 0. The predicted octanol–water partition coefficient (Wildman–Crippen LogP) is 2.34. The first kappa shape index (κ1) is 18.9. The first-order chi connectivity index (χ1) is 13.9. The van der Waals surface area contributed by atoms with E-state index in [1.54, 1.807) is 13.2 Å². The van der Waals surface area contributed by atoms with Crippen molar-refractivity contribution in [3.63, 3.8) is 0 Å². The second kappa shape index (κ2) is 6.71. The molecule has 29 heavy (non-hydrogen) atoms. The monoisotopic (exact) mass is 397 g/mol. The summed E-state index contributed by atoms with van der Waals surface area (Å²) in [5.41, 5.74) is 2.95. The molecule has 2 aromatic heterocycles. The molecule has 0 spiro atoms. The topological polar surface area (TPSA) is 93.3 Å². The first-order valence-electron chi connectivity index (χ1n) is 10.7. The van der Waals surface area contributed by atoms with Gasteiger partial charge in [0.15, 0.2) is 0 Å². The molecule has 0 radical (unpaired) electrons. The maximum absolute atomic E-state index is 12.7. The molecule has 4 aliphatic rings. The number of aromatic nitrogens is 2. The van der Waals surface area contributed by atoms with Crippen LogP contribution in [0.2, 0.25) is 0 Å². The molecule has 4 aliphatic carbocycles. The molecule has 4 bridgehead atoms. The minimum absolute atomic E-state index is 0.124. The Hall–Kier alpha value is -2.12. The summed E-state index contributed by atoms with van der Waals surface area (Å²) in [6.07, 6.45) is 8.74. The van der Waals surface area contributed by atoms with Crippen molar-refractivity contribution >= 4 is 22.6 Å². The van der Waals surface area contributed by atoms with Gasteiger partial charge in [0.05, 0.1) is 16.9 Å².